The number of hydrazine groups is 1. The molecule has 0 aliphatic carbocycles. The summed E-state index contributed by atoms with van der Waals surface area (Å²) in [5.74, 6) is 3.92. The Hall–Kier alpha value is -3.38. The number of piperazine rings is 1. The van der Waals surface area contributed by atoms with Gasteiger partial charge in [-0.25, -0.2) is 10.4 Å². The Bertz CT molecular complexity index is 1290. The zero-order chi connectivity index (χ0) is 29.1. The van der Waals surface area contributed by atoms with E-state index in [1.165, 1.54) is 16.8 Å². The maximum absolute atomic E-state index is 5.53. The van der Waals surface area contributed by atoms with Crippen molar-refractivity contribution in [3.05, 3.63) is 89.2 Å². The van der Waals surface area contributed by atoms with Crippen LogP contribution in [0, 0.1) is 11.8 Å². The van der Waals surface area contributed by atoms with Crippen LogP contribution >= 0.6 is 0 Å². The lowest BCUT2D eigenvalue weighted by molar-refractivity contribution is 0.262. The van der Waals surface area contributed by atoms with Crippen LogP contribution in [0.3, 0.4) is 0 Å². The Morgan fingerprint density at radius 3 is 2.48 bits per heavy atom. The van der Waals surface area contributed by atoms with Crippen molar-refractivity contribution in [1.29, 1.82) is 0 Å². The van der Waals surface area contributed by atoms with Crippen molar-refractivity contribution in [2.45, 2.75) is 86.7 Å². The first-order valence-electron chi connectivity index (χ1n) is 14.9. The summed E-state index contributed by atoms with van der Waals surface area (Å²) >= 11 is 0. The van der Waals surface area contributed by atoms with E-state index >= 15 is 0 Å². The van der Waals surface area contributed by atoms with E-state index in [0.29, 0.717) is 11.8 Å². The standard InChI is InChI=1S/C34H48N6/c1-11-28-18-19-31-34(40(35-10)30(12-2)33-36-25(7)24(6)26(8)39(31)33)37-32(28)38(21-20-23(5)22(3)4)27(9)29-16-14-13-15-17-29/h13-17,19-23,25,30,35H,9,11-12,18H2,1-8,10H3. The molecule has 0 saturated carbocycles. The minimum atomic E-state index is 0.0677. The second-order valence-corrected chi connectivity index (χ2v) is 11.4. The maximum atomic E-state index is 5.53. The van der Waals surface area contributed by atoms with Crippen molar-refractivity contribution in [2.75, 3.05) is 7.05 Å². The van der Waals surface area contributed by atoms with Crippen LogP contribution in [0.4, 0.5) is 0 Å². The minimum absolute atomic E-state index is 0.0677. The van der Waals surface area contributed by atoms with Crippen LogP contribution in [0.2, 0.25) is 0 Å². The fourth-order valence-electron chi connectivity index (χ4n) is 5.47. The molecule has 0 spiro atoms. The van der Waals surface area contributed by atoms with Gasteiger partial charge >= 0.3 is 0 Å². The fourth-order valence-corrected chi connectivity index (χ4v) is 5.47. The molecule has 3 aliphatic rings. The molecule has 4 rings (SSSR count). The zero-order valence-corrected chi connectivity index (χ0v) is 26.0. The van der Waals surface area contributed by atoms with Crippen LogP contribution in [0.1, 0.15) is 80.2 Å². The van der Waals surface area contributed by atoms with E-state index in [1.807, 2.05) is 13.1 Å². The molecule has 0 aromatic heterocycles. The number of rotatable bonds is 9. The van der Waals surface area contributed by atoms with Crippen LogP contribution in [-0.4, -0.2) is 45.6 Å². The van der Waals surface area contributed by atoms with E-state index in [1.54, 1.807) is 0 Å². The van der Waals surface area contributed by atoms with E-state index in [-0.39, 0.29) is 12.1 Å². The molecule has 6 nitrogen and oxygen atoms in total. The van der Waals surface area contributed by atoms with Gasteiger partial charge < -0.3 is 4.90 Å². The number of nitrogens with zero attached hydrogens (tertiary/aromatic N) is 5. The van der Waals surface area contributed by atoms with Gasteiger partial charge in [0.05, 0.1) is 11.7 Å². The smallest absolute Gasteiger partial charge is 0.169 e. The van der Waals surface area contributed by atoms with Gasteiger partial charge in [0.1, 0.15) is 17.7 Å². The number of allylic oxidation sites excluding steroid dienone is 4. The average molecular weight is 541 g/mol. The molecule has 40 heavy (non-hydrogen) atoms. The Balaban J connectivity index is 1.91. The summed E-state index contributed by atoms with van der Waals surface area (Å²) in [7, 11) is 1.99. The summed E-state index contributed by atoms with van der Waals surface area (Å²) in [6.45, 7) is 22.4. The molecule has 3 atom stereocenters. The van der Waals surface area contributed by atoms with Crippen LogP contribution in [0.25, 0.3) is 5.70 Å². The molecule has 6 heteroatoms. The molecule has 1 fully saturated rings. The van der Waals surface area contributed by atoms with Gasteiger partial charge in [0, 0.05) is 24.6 Å². The van der Waals surface area contributed by atoms with E-state index in [0.717, 1.165) is 53.7 Å². The van der Waals surface area contributed by atoms with E-state index < -0.39 is 0 Å². The molecule has 3 aliphatic heterocycles. The molecular formula is C34H48N6. The Morgan fingerprint density at radius 2 is 1.88 bits per heavy atom. The molecule has 3 heterocycles. The van der Waals surface area contributed by atoms with Crippen molar-refractivity contribution in [3.63, 3.8) is 0 Å². The second kappa shape index (κ2) is 12.4. The topological polar surface area (TPSA) is 46.5 Å². The van der Waals surface area contributed by atoms with E-state index in [9.17, 15) is 0 Å². The SMILES string of the molecule is C=C(c1ccccc1)N(C=CC(C)C(C)C)C1=C(CC)CC=C2C(=N1)N(NC)C(CC)C1=NC(C)C(C)=C(C)N21. The number of benzene rings is 1. The average Bonchev–Trinajstić information content (AvgIpc) is 3.14. The van der Waals surface area contributed by atoms with Crippen LogP contribution in [0.5, 0.6) is 0 Å². The van der Waals surface area contributed by atoms with Crippen LogP contribution < -0.4 is 5.43 Å². The summed E-state index contributed by atoms with van der Waals surface area (Å²) in [4.78, 5) is 15.3. The predicted octanol–water partition coefficient (Wildman–Crippen LogP) is 7.70. The normalized spacial score (nSPS) is 22.1. The molecular weight excluding hydrogens is 492 g/mol. The van der Waals surface area contributed by atoms with Gasteiger partial charge in [-0.1, -0.05) is 83.7 Å². The first-order valence-corrected chi connectivity index (χ1v) is 14.9. The maximum Gasteiger partial charge on any atom is 0.169 e. The van der Waals surface area contributed by atoms with Crippen molar-refractivity contribution in [2.24, 2.45) is 21.8 Å². The summed E-state index contributed by atoms with van der Waals surface area (Å²) in [6.07, 6.45) is 9.43. The number of nitrogens with one attached hydrogen (secondary N) is 1. The van der Waals surface area contributed by atoms with Crippen molar-refractivity contribution >= 4 is 17.4 Å². The van der Waals surface area contributed by atoms with Crippen molar-refractivity contribution in [3.8, 4) is 0 Å². The highest BCUT2D eigenvalue weighted by molar-refractivity contribution is 6.10. The van der Waals surface area contributed by atoms with Crippen molar-refractivity contribution in [1.82, 2.24) is 20.2 Å². The molecule has 0 radical (unpaired) electrons. The van der Waals surface area contributed by atoms with E-state index in [4.69, 9.17) is 9.98 Å². The van der Waals surface area contributed by atoms with Crippen LogP contribution in [0.15, 0.2) is 93.6 Å². The number of amidine groups is 2. The van der Waals surface area contributed by atoms with E-state index in [2.05, 4.69) is 125 Å². The largest absolute Gasteiger partial charge is 0.302 e. The van der Waals surface area contributed by atoms with Gasteiger partial charge in [-0.05, 0) is 68.6 Å². The Kier molecular flexibility index (Phi) is 9.19. The molecule has 0 bridgehead atoms. The number of hydrogen-bond donors (Lipinski definition) is 1. The summed E-state index contributed by atoms with van der Waals surface area (Å²) in [5.41, 5.74) is 10.4. The first-order chi connectivity index (χ1) is 19.1. The van der Waals surface area contributed by atoms with Crippen LogP contribution in [-0.2, 0) is 0 Å². The Morgan fingerprint density at radius 1 is 1.18 bits per heavy atom. The zero-order valence-electron chi connectivity index (χ0n) is 26.0. The molecule has 0 amide bonds. The lowest BCUT2D eigenvalue weighted by Crippen LogP contribution is -2.62. The highest BCUT2D eigenvalue weighted by atomic mass is 15.6. The van der Waals surface area contributed by atoms with Gasteiger partial charge in [-0.3, -0.25) is 14.9 Å². The lowest BCUT2D eigenvalue weighted by Gasteiger charge is -2.48. The monoisotopic (exact) mass is 540 g/mol. The summed E-state index contributed by atoms with van der Waals surface area (Å²) in [6, 6.07) is 10.7. The second-order valence-electron chi connectivity index (χ2n) is 11.4. The lowest BCUT2D eigenvalue weighted by atomic mass is 9.98. The van der Waals surface area contributed by atoms with Gasteiger partial charge in [-0.2, -0.15) is 0 Å². The molecule has 3 unspecified atom stereocenters. The molecule has 1 saturated heterocycles. The highest BCUT2D eigenvalue weighted by Crippen LogP contribution is 2.38. The third-order valence-electron chi connectivity index (χ3n) is 8.74. The number of hydrogen-bond acceptors (Lipinski definition) is 6. The third-order valence-corrected chi connectivity index (χ3v) is 8.74. The predicted molar refractivity (Wildman–Crippen MR) is 170 cm³/mol. The summed E-state index contributed by atoms with van der Waals surface area (Å²) < 4.78 is 0. The molecule has 1 aromatic rings. The molecule has 1 aromatic carbocycles. The number of fused-ring (bicyclic) bond motifs is 3. The minimum Gasteiger partial charge on any atom is -0.302 e. The molecule has 214 valence electrons. The fraction of sp³-hybridized carbons (Fsp3) is 0.471. The van der Waals surface area contributed by atoms with Gasteiger partial charge in [0.15, 0.2) is 5.84 Å². The van der Waals surface area contributed by atoms with Gasteiger partial charge in [0.2, 0.25) is 0 Å². The van der Waals surface area contributed by atoms with Gasteiger partial charge in [0.25, 0.3) is 0 Å². The summed E-state index contributed by atoms with van der Waals surface area (Å²) in [5, 5.41) is 2.21. The highest BCUT2D eigenvalue weighted by Gasteiger charge is 2.43. The third kappa shape index (κ3) is 5.46. The van der Waals surface area contributed by atoms with Gasteiger partial charge in [-0.15, -0.1) is 0 Å². The van der Waals surface area contributed by atoms with Crippen molar-refractivity contribution < 1.29 is 0 Å². The first kappa shape index (κ1) is 29.6. The Labute approximate surface area is 242 Å². The quantitative estimate of drug-likeness (QED) is 0.349. The molecule has 1 N–H and O–H groups in total. The number of aliphatic imine (C=N–C) groups is 2.